The maximum absolute atomic E-state index is 12.2. The van der Waals surface area contributed by atoms with Gasteiger partial charge in [-0.3, -0.25) is 4.79 Å². The van der Waals surface area contributed by atoms with Crippen molar-refractivity contribution in [2.45, 2.75) is 50.9 Å². The SMILES string of the molecule is Cc1ccccc1C(=O)N[C@H]1CCC[C@H](OCC(F)(F)F)C1. The molecular formula is C16H20F3NO2. The summed E-state index contributed by atoms with van der Waals surface area (Å²) < 4.78 is 41.5. The molecule has 122 valence electrons. The predicted molar refractivity (Wildman–Crippen MR) is 76.7 cm³/mol. The van der Waals surface area contributed by atoms with Gasteiger partial charge < -0.3 is 10.1 Å². The van der Waals surface area contributed by atoms with Crippen molar-refractivity contribution in [3.8, 4) is 0 Å². The van der Waals surface area contributed by atoms with E-state index in [-0.39, 0.29) is 11.9 Å². The fourth-order valence-corrected chi connectivity index (χ4v) is 2.73. The lowest BCUT2D eigenvalue weighted by molar-refractivity contribution is -0.188. The Morgan fingerprint density at radius 2 is 2.05 bits per heavy atom. The van der Waals surface area contributed by atoms with Crippen LogP contribution in [-0.2, 0) is 4.74 Å². The first-order chi connectivity index (χ1) is 10.3. The van der Waals surface area contributed by atoms with Gasteiger partial charge >= 0.3 is 6.18 Å². The molecule has 1 aromatic carbocycles. The number of ether oxygens (including phenoxy) is 1. The van der Waals surface area contributed by atoms with Gasteiger partial charge in [-0.25, -0.2) is 0 Å². The number of hydrogen-bond donors (Lipinski definition) is 1. The van der Waals surface area contributed by atoms with E-state index >= 15 is 0 Å². The summed E-state index contributed by atoms with van der Waals surface area (Å²) >= 11 is 0. The Morgan fingerprint density at radius 3 is 2.73 bits per heavy atom. The van der Waals surface area contributed by atoms with Crippen LogP contribution in [0.3, 0.4) is 0 Å². The van der Waals surface area contributed by atoms with Gasteiger partial charge in [0.05, 0.1) is 6.10 Å². The number of amides is 1. The van der Waals surface area contributed by atoms with Crippen LogP contribution in [0.5, 0.6) is 0 Å². The molecular weight excluding hydrogens is 295 g/mol. The number of halogens is 3. The zero-order valence-corrected chi connectivity index (χ0v) is 12.5. The molecule has 1 N–H and O–H groups in total. The van der Waals surface area contributed by atoms with E-state index in [1.165, 1.54) is 0 Å². The van der Waals surface area contributed by atoms with Crippen LogP contribution in [0.2, 0.25) is 0 Å². The van der Waals surface area contributed by atoms with E-state index in [9.17, 15) is 18.0 Å². The molecule has 0 aliphatic heterocycles. The third-order valence-electron chi connectivity index (χ3n) is 3.83. The molecule has 22 heavy (non-hydrogen) atoms. The molecule has 0 bridgehead atoms. The van der Waals surface area contributed by atoms with E-state index in [4.69, 9.17) is 4.74 Å². The summed E-state index contributed by atoms with van der Waals surface area (Å²) in [6.45, 7) is 0.626. The number of carbonyl (C=O) groups excluding carboxylic acids is 1. The van der Waals surface area contributed by atoms with Crippen LogP contribution in [-0.4, -0.2) is 30.8 Å². The van der Waals surface area contributed by atoms with Crippen LogP contribution >= 0.6 is 0 Å². The smallest absolute Gasteiger partial charge is 0.369 e. The average molecular weight is 315 g/mol. The summed E-state index contributed by atoms with van der Waals surface area (Å²) in [4.78, 5) is 12.2. The highest BCUT2D eigenvalue weighted by Gasteiger charge is 2.31. The summed E-state index contributed by atoms with van der Waals surface area (Å²) in [6, 6.07) is 7.10. The normalized spacial score (nSPS) is 22.4. The van der Waals surface area contributed by atoms with E-state index in [0.717, 1.165) is 18.4 Å². The van der Waals surface area contributed by atoms with Crippen molar-refractivity contribution in [3.05, 3.63) is 35.4 Å². The highest BCUT2D eigenvalue weighted by Crippen LogP contribution is 2.24. The Balaban J connectivity index is 1.88. The topological polar surface area (TPSA) is 38.3 Å². The lowest BCUT2D eigenvalue weighted by Gasteiger charge is -2.30. The predicted octanol–water partition coefficient (Wildman–Crippen LogP) is 3.61. The number of nitrogens with one attached hydrogen (secondary N) is 1. The summed E-state index contributed by atoms with van der Waals surface area (Å²) in [5, 5.41) is 2.90. The Hall–Kier alpha value is -1.56. The van der Waals surface area contributed by atoms with Gasteiger partial charge in [-0.2, -0.15) is 13.2 Å². The molecule has 2 rings (SSSR count). The van der Waals surface area contributed by atoms with Crippen molar-refractivity contribution in [3.63, 3.8) is 0 Å². The third kappa shape index (κ3) is 5.02. The number of carbonyl (C=O) groups is 1. The van der Waals surface area contributed by atoms with Crippen molar-refractivity contribution in [1.29, 1.82) is 0 Å². The first kappa shape index (κ1) is 16.8. The Labute approximate surface area is 127 Å². The average Bonchev–Trinajstić information content (AvgIpc) is 2.45. The largest absolute Gasteiger partial charge is 0.411 e. The molecule has 3 nitrogen and oxygen atoms in total. The molecule has 6 heteroatoms. The molecule has 1 aliphatic carbocycles. The summed E-state index contributed by atoms with van der Waals surface area (Å²) in [5.41, 5.74) is 1.47. The van der Waals surface area contributed by atoms with E-state index in [1.807, 2.05) is 19.1 Å². The van der Waals surface area contributed by atoms with E-state index < -0.39 is 18.9 Å². The molecule has 0 spiro atoms. The van der Waals surface area contributed by atoms with Crippen molar-refractivity contribution in [2.24, 2.45) is 0 Å². The van der Waals surface area contributed by atoms with Crippen molar-refractivity contribution >= 4 is 5.91 Å². The van der Waals surface area contributed by atoms with Gasteiger partial charge in [0.15, 0.2) is 0 Å². The Morgan fingerprint density at radius 1 is 1.32 bits per heavy atom. The summed E-state index contributed by atoms with van der Waals surface area (Å²) in [5.74, 6) is -0.181. The van der Waals surface area contributed by atoms with Gasteiger partial charge in [-0.15, -0.1) is 0 Å². The lowest BCUT2D eigenvalue weighted by atomic mass is 9.92. The molecule has 1 amide bonds. The van der Waals surface area contributed by atoms with Gasteiger partial charge in [0.1, 0.15) is 6.61 Å². The maximum atomic E-state index is 12.2. The second-order valence-corrected chi connectivity index (χ2v) is 5.70. The van der Waals surface area contributed by atoms with Crippen LogP contribution in [0.4, 0.5) is 13.2 Å². The highest BCUT2D eigenvalue weighted by molar-refractivity contribution is 5.95. The van der Waals surface area contributed by atoms with Crippen LogP contribution < -0.4 is 5.32 Å². The third-order valence-corrected chi connectivity index (χ3v) is 3.83. The summed E-state index contributed by atoms with van der Waals surface area (Å²) in [7, 11) is 0. The monoisotopic (exact) mass is 315 g/mol. The molecule has 0 radical (unpaired) electrons. The molecule has 1 saturated carbocycles. The molecule has 0 saturated heterocycles. The lowest BCUT2D eigenvalue weighted by Crippen LogP contribution is -2.41. The molecule has 0 heterocycles. The fraction of sp³-hybridized carbons (Fsp3) is 0.562. The van der Waals surface area contributed by atoms with Crippen LogP contribution in [0, 0.1) is 6.92 Å². The van der Waals surface area contributed by atoms with Gasteiger partial charge in [0.2, 0.25) is 0 Å². The molecule has 1 aromatic rings. The number of hydrogen-bond acceptors (Lipinski definition) is 2. The molecule has 1 aliphatic rings. The Kier molecular flexibility index (Phi) is 5.45. The standard InChI is InChI=1S/C16H20F3NO2/c1-11-5-2-3-8-14(11)15(21)20-12-6-4-7-13(9-12)22-10-16(17,18)19/h2-3,5,8,12-13H,4,6-7,9-10H2,1H3,(H,20,21)/t12-,13-/m0/s1. The van der Waals surface area contributed by atoms with Gasteiger partial charge in [-0.1, -0.05) is 18.2 Å². The zero-order valence-electron chi connectivity index (χ0n) is 12.5. The minimum absolute atomic E-state index is 0.140. The summed E-state index contributed by atoms with van der Waals surface area (Å²) in [6.07, 6.45) is -2.21. The van der Waals surface area contributed by atoms with Gasteiger partial charge in [0, 0.05) is 11.6 Å². The van der Waals surface area contributed by atoms with E-state index in [0.29, 0.717) is 18.4 Å². The van der Waals surface area contributed by atoms with Crippen LogP contribution in [0.1, 0.15) is 41.6 Å². The second-order valence-electron chi connectivity index (χ2n) is 5.70. The minimum Gasteiger partial charge on any atom is -0.369 e. The number of aryl methyl sites for hydroxylation is 1. The quantitative estimate of drug-likeness (QED) is 0.921. The number of rotatable bonds is 4. The molecule has 2 atom stereocenters. The van der Waals surface area contributed by atoms with Crippen molar-refractivity contribution < 1.29 is 22.7 Å². The van der Waals surface area contributed by atoms with Crippen LogP contribution in [0.15, 0.2) is 24.3 Å². The molecule has 1 fully saturated rings. The fourth-order valence-electron chi connectivity index (χ4n) is 2.73. The van der Waals surface area contributed by atoms with E-state index in [1.54, 1.807) is 12.1 Å². The first-order valence-corrected chi connectivity index (χ1v) is 7.40. The first-order valence-electron chi connectivity index (χ1n) is 7.40. The molecule has 0 unspecified atom stereocenters. The number of benzene rings is 1. The van der Waals surface area contributed by atoms with Crippen LogP contribution in [0.25, 0.3) is 0 Å². The van der Waals surface area contributed by atoms with Gasteiger partial charge in [0.25, 0.3) is 5.91 Å². The maximum Gasteiger partial charge on any atom is 0.411 e. The van der Waals surface area contributed by atoms with E-state index in [2.05, 4.69) is 5.32 Å². The molecule has 0 aromatic heterocycles. The highest BCUT2D eigenvalue weighted by atomic mass is 19.4. The minimum atomic E-state index is -4.31. The van der Waals surface area contributed by atoms with Crippen molar-refractivity contribution in [2.75, 3.05) is 6.61 Å². The number of alkyl halides is 3. The second kappa shape index (κ2) is 7.13. The Bertz CT molecular complexity index is 516. The van der Waals surface area contributed by atoms with Crippen molar-refractivity contribution in [1.82, 2.24) is 5.32 Å². The van der Waals surface area contributed by atoms with Gasteiger partial charge in [-0.05, 0) is 44.2 Å². The zero-order chi connectivity index (χ0) is 16.2.